The van der Waals surface area contributed by atoms with E-state index >= 15 is 0 Å². The molecule has 0 atom stereocenters. The zero-order valence-electron chi connectivity index (χ0n) is 11.9. The second kappa shape index (κ2) is 6.58. The molecule has 0 radical (unpaired) electrons. The summed E-state index contributed by atoms with van der Waals surface area (Å²) in [5.74, 6) is 1.78. The molecule has 0 aliphatic carbocycles. The maximum absolute atomic E-state index is 11.9. The first-order valence-corrected chi connectivity index (χ1v) is 8.16. The van der Waals surface area contributed by atoms with Crippen LogP contribution in [0.2, 0.25) is 0 Å². The molecule has 0 unspecified atom stereocenters. The van der Waals surface area contributed by atoms with Crippen LogP contribution in [-0.2, 0) is 21.0 Å². The minimum atomic E-state index is -3.43. The predicted molar refractivity (Wildman–Crippen MR) is 77.4 cm³/mol. The minimum absolute atomic E-state index is 0.107. The second-order valence-corrected chi connectivity index (χ2v) is 6.50. The average molecular weight is 294 g/mol. The summed E-state index contributed by atoms with van der Waals surface area (Å²) in [6.45, 7) is 2.02. The fraction of sp³-hybridized carbons (Fsp3) is 0.400. The normalized spacial score (nSPS) is 10.9. The van der Waals surface area contributed by atoms with Crippen LogP contribution in [0.5, 0.6) is 0 Å². The molecular formula is C15H18O4S. The number of sulfone groups is 1. The maximum atomic E-state index is 11.9. The molecule has 0 N–H and O–H groups in total. The Morgan fingerprint density at radius 1 is 1.40 bits per heavy atom. The van der Waals surface area contributed by atoms with Crippen molar-refractivity contribution in [3.63, 3.8) is 0 Å². The van der Waals surface area contributed by atoms with Crippen molar-refractivity contribution in [1.29, 1.82) is 0 Å². The number of methoxy groups -OCH3 is 1. The van der Waals surface area contributed by atoms with Gasteiger partial charge in [0.25, 0.3) is 0 Å². The lowest BCUT2D eigenvalue weighted by Gasteiger charge is -2.12. The van der Waals surface area contributed by atoms with E-state index in [-0.39, 0.29) is 10.5 Å². The van der Waals surface area contributed by atoms with Crippen LogP contribution in [0.1, 0.15) is 41.3 Å². The Morgan fingerprint density at radius 3 is 2.50 bits per heavy atom. The number of rotatable bonds is 5. The van der Waals surface area contributed by atoms with E-state index in [2.05, 4.69) is 10.7 Å². The van der Waals surface area contributed by atoms with Crippen molar-refractivity contribution in [3.05, 3.63) is 28.8 Å². The van der Waals surface area contributed by atoms with E-state index in [1.54, 1.807) is 6.07 Å². The van der Waals surface area contributed by atoms with Gasteiger partial charge in [0.1, 0.15) is 0 Å². The lowest BCUT2D eigenvalue weighted by atomic mass is 10.0. The van der Waals surface area contributed by atoms with E-state index in [1.807, 2.05) is 6.92 Å². The first-order chi connectivity index (χ1) is 9.35. The standard InChI is InChI=1S/C15H18O4S/c1-5-7-8-12-9-11(6-2)13(15(16)19-3)10-14(12)20(4,17)18/h2,9-10H,5,7-8H2,1,3-4H3. The van der Waals surface area contributed by atoms with Gasteiger partial charge in [-0.3, -0.25) is 0 Å². The Hall–Kier alpha value is -1.80. The van der Waals surface area contributed by atoms with Crippen LogP contribution in [-0.4, -0.2) is 27.8 Å². The molecule has 0 saturated carbocycles. The quantitative estimate of drug-likeness (QED) is 0.617. The van der Waals surface area contributed by atoms with Gasteiger partial charge < -0.3 is 4.74 Å². The lowest BCUT2D eigenvalue weighted by Crippen LogP contribution is -2.10. The number of ether oxygens (including phenoxy) is 1. The number of benzene rings is 1. The molecular weight excluding hydrogens is 276 g/mol. The van der Waals surface area contributed by atoms with Crippen molar-refractivity contribution in [2.75, 3.05) is 13.4 Å². The fourth-order valence-corrected chi connectivity index (χ4v) is 2.90. The molecule has 5 heteroatoms. The molecule has 1 rings (SSSR count). The third-order valence-electron chi connectivity index (χ3n) is 2.96. The van der Waals surface area contributed by atoms with Gasteiger partial charge in [0, 0.05) is 11.8 Å². The smallest absolute Gasteiger partial charge is 0.339 e. The van der Waals surface area contributed by atoms with Crippen molar-refractivity contribution < 1.29 is 17.9 Å². The van der Waals surface area contributed by atoms with Gasteiger partial charge in [-0.2, -0.15) is 0 Å². The molecule has 0 aromatic heterocycles. The number of hydrogen-bond donors (Lipinski definition) is 0. The van der Waals surface area contributed by atoms with Crippen LogP contribution in [0, 0.1) is 12.3 Å². The average Bonchev–Trinajstić information content (AvgIpc) is 2.42. The topological polar surface area (TPSA) is 60.4 Å². The third kappa shape index (κ3) is 3.61. The molecule has 20 heavy (non-hydrogen) atoms. The summed E-state index contributed by atoms with van der Waals surface area (Å²) in [6, 6.07) is 2.92. The number of carbonyl (C=O) groups is 1. The van der Waals surface area contributed by atoms with Gasteiger partial charge in [-0.05, 0) is 30.5 Å². The number of aryl methyl sites for hydroxylation is 1. The Morgan fingerprint density at radius 2 is 2.05 bits per heavy atom. The lowest BCUT2D eigenvalue weighted by molar-refractivity contribution is 0.0600. The van der Waals surface area contributed by atoms with Crippen molar-refractivity contribution in [3.8, 4) is 12.3 Å². The van der Waals surface area contributed by atoms with Crippen molar-refractivity contribution in [2.45, 2.75) is 31.1 Å². The van der Waals surface area contributed by atoms with Crippen LogP contribution in [0.25, 0.3) is 0 Å². The van der Waals surface area contributed by atoms with Gasteiger partial charge in [-0.15, -0.1) is 6.42 Å². The molecule has 0 aliphatic rings. The van der Waals surface area contributed by atoms with Gasteiger partial charge in [-0.25, -0.2) is 13.2 Å². The largest absolute Gasteiger partial charge is 0.465 e. The highest BCUT2D eigenvalue weighted by molar-refractivity contribution is 7.90. The zero-order valence-corrected chi connectivity index (χ0v) is 12.7. The summed E-state index contributed by atoms with van der Waals surface area (Å²) in [7, 11) is -2.20. The highest BCUT2D eigenvalue weighted by Crippen LogP contribution is 2.23. The molecule has 1 aromatic rings. The number of carbonyl (C=O) groups excluding carboxylic acids is 1. The Balaban J connectivity index is 3.54. The van der Waals surface area contributed by atoms with E-state index in [1.165, 1.54) is 13.2 Å². The summed E-state index contributed by atoms with van der Waals surface area (Å²) in [5.41, 5.74) is 1.11. The Labute approximate surface area is 120 Å². The van der Waals surface area contributed by atoms with Crippen LogP contribution < -0.4 is 0 Å². The molecule has 0 aliphatic heterocycles. The molecule has 1 aromatic carbocycles. The fourth-order valence-electron chi connectivity index (χ4n) is 1.93. The van der Waals surface area contributed by atoms with Crippen LogP contribution in [0.15, 0.2) is 17.0 Å². The Bertz CT molecular complexity index is 651. The van der Waals surface area contributed by atoms with Gasteiger partial charge in [0.05, 0.1) is 17.6 Å². The number of hydrogen-bond acceptors (Lipinski definition) is 4. The van der Waals surface area contributed by atoms with Gasteiger partial charge in [0.2, 0.25) is 0 Å². The molecule has 0 amide bonds. The van der Waals surface area contributed by atoms with Crippen molar-refractivity contribution in [2.24, 2.45) is 0 Å². The molecule has 108 valence electrons. The zero-order chi connectivity index (χ0) is 15.3. The van der Waals surface area contributed by atoms with E-state index in [0.29, 0.717) is 17.5 Å². The summed E-state index contributed by atoms with van der Waals surface area (Å²) in [6.07, 6.45) is 8.91. The van der Waals surface area contributed by atoms with E-state index in [4.69, 9.17) is 6.42 Å². The van der Waals surface area contributed by atoms with Crippen molar-refractivity contribution >= 4 is 15.8 Å². The molecule has 0 fully saturated rings. The SMILES string of the molecule is C#Cc1cc(CCCC)c(S(C)(=O)=O)cc1C(=O)OC. The number of terminal acetylenes is 1. The monoisotopic (exact) mass is 294 g/mol. The van der Waals surface area contributed by atoms with Crippen LogP contribution in [0.4, 0.5) is 0 Å². The van der Waals surface area contributed by atoms with Crippen LogP contribution >= 0.6 is 0 Å². The first kappa shape index (κ1) is 16.3. The van der Waals surface area contributed by atoms with Crippen molar-refractivity contribution in [1.82, 2.24) is 0 Å². The van der Waals surface area contributed by atoms with E-state index in [9.17, 15) is 13.2 Å². The summed E-state index contributed by atoms with van der Waals surface area (Å²) >= 11 is 0. The van der Waals surface area contributed by atoms with Gasteiger partial charge in [0.15, 0.2) is 9.84 Å². The number of unbranched alkanes of at least 4 members (excludes halogenated alkanes) is 1. The summed E-state index contributed by atoms with van der Waals surface area (Å²) < 4.78 is 28.4. The summed E-state index contributed by atoms with van der Waals surface area (Å²) in [5, 5.41) is 0. The molecule has 0 saturated heterocycles. The highest BCUT2D eigenvalue weighted by Gasteiger charge is 2.20. The molecule has 4 nitrogen and oxygen atoms in total. The molecule has 0 bridgehead atoms. The predicted octanol–water partition coefficient (Wildman–Crippen LogP) is 2.20. The van der Waals surface area contributed by atoms with Gasteiger partial charge >= 0.3 is 5.97 Å². The third-order valence-corrected chi connectivity index (χ3v) is 4.14. The van der Waals surface area contributed by atoms with E-state index in [0.717, 1.165) is 19.1 Å². The Kier molecular flexibility index (Phi) is 5.34. The molecule has 0 spiro atoms. The summed E-state index contributed by atoms with van der Waals surface area (Å²) in [4.78, 5) is 11.8. The first-order valence-electron chi connectivity index (χ1n) is 6.27. The minimum Gasteiger partial charge on any atom is -0.465 e. The maximum Gasteiger partial charge on any atom is 0.339 e. The van der Waals surface area contributed by atoms with Gasteiger partial charge in [-0.1, -0.05) is 19.3 Å². The second-order valence-electron chi connectivity index (χ2n) is 4.52. The highest BCUT2D eigenvalue weighted by atomic mass is 32.2. The van der Waals surface area contributed by atoms with Crippen LogP contribution in [0.3, 0.4) is 0 Å². The number of esters is 1. The van der Waals surface area contributed by atoms with E-state index < -0.39 is 15.8 Å². The molecule has 0 heterocycles.